The van der Waals surface area contributed by atoms with Gasteiger partial charge in [0.1, 0.15) is 5.75 Å². The molecule has 0 N–H and O–H groups in total. The predicted molar refractivity (Wildman–Crippen MR) is 102 cm³/mol. The van der Waals surface area contributed by atoms with Crippen LogP contribution in [0.1, 0.15) is 36.4 Å². The fraction of sp³-hybridized carbons (Fsp3) is 0.476. The Bertz CT molecular complexity index is 714. The van der Waals surface area contributed by atoms with Crippen molar-refractivity contribution in [1.29, 1.82) is 0 Å². The van der Waals surface area contributed by atoms with E-state index in [1.54, 1.807) is 25.5 Å². The van der Waals surface area contributed by atoms with Crippen LogP contribution < -0.4 is 4.74 Å². The number of hydrogen-bond acceptors (Lipinski definition) is 4. The highest BCUT2D eigenvalue weighted by atomic mass is 16.5. The number of aryl methyl sites for hydroxylation is 1. The molecule has 1 aromatic carbocycles. The van der Waals surface area contributed by atoms with Crippen molar-refractivity contribution in [3.63, 3.8) is 0 Å². The summed E-state index contributed by atoms with van der Waals surface area (Å²) in [7, 11) is 1.72. The summed E-state index contributed by atoms with van der Waals surface area (Å²) in [4.78, 5) is 17.0. The van der Waals surface area contributed by atoms with Gasteiger partial charge in [-0.15, -0.1) is 0 Å². The van der Waals surface area contributed by atoms with Crippen molar-refractivity contribution in [2.45, 2.75) is 38.8 Å². The van der Waals surface area contributed by atoms with Crippen LogP contribution in [0.2, 0.25) is 0 Å². The molecule has 2 atom stereocenters. The summed E-state index contributed by atoms with van der Waals surface area (Å²) in [5, 5.41) is 0. The summed E-state index contributed by atoms with van der Waals surface area (Å²) >= 11 is 0. The number of benzene rings is 1. The molecule has 0 unspecified atom stereocenters. The van der Waals surface area contributed by atoms with E-state index in [0.29, 0.717) is 11.8 Å². The topological polar surface area (TPSA) is 45.9 Å². The molecule has 0 aliphatic carbocycles. The summed E-state index contributed by atoms with van der Waals surface area (Å²) in [5.74, 6) is 1.37. The minimum Gasteiger partial charge on any atom is -0.496 e. The summed E-state index contributed by atoms with van der Waals surface area (Å²) in [6.07, 6.45) is 3.62. The summed E-state index contributed by atoms with van der Waals surface area (Å²) < 4.78 is 10.7. The van der Waals surface area contributed by atoms with Gasteiger partial charge in [-0.2, -0.15) is 0 Å². The van der Waals surface area contributed by atoms with Crippen molar-refractivity contribution in [2.24, 2.45) is 0 Å². The van der Waals surface area contributed by atoms with Gasteiger partial charge < -0.3 is 14.1 Å². The maximum atomic E-state index is 12.6. The van der Waals surface area contributed by atoms with Crippen molar-refractivity contribution < 1.29 is 13.9 Å². The summed E-state index contributed by atoms with van der Waals surface area (Å²) in [6, 6.07) is 12.2. The van der Waals surface area contributed by atoms with Crippen molar-refractivity contribution >= 4 is 5.91 Å². The van der Waals surface area contributed by atoms with E-state index in [1.807, 2.05) is 17.0 Å². The first-order chi connectivity index (χ1) is 12.6. The van der Waals surface area contributed by atoms with Crippen LogP contribution in [0.25, 0.3) is 0 Å². The fourth-order valence-electron chi connectivity index (χ4n) is 3.72. The second-order valence-electron chi connectivity index (χ2n) is 7.04. The van der Waals surface area contributed by atoms with E-state index in [9.17, 15) is 4.79 Å². The van der Waals surface area contributed by atoms with E-state index in [1.165, 1.54) is 5.56 Å². The molecule has 1 fully saturated rings. The molecule has 0 saturated carbocycles. The van der Waals surface area contributed by atoms with Gasteiger partial charge in [0, 0.05) is 25.2 Å². The molecule has 1 aliphatic heterocycles. The van der Waals surface area contributed by atoms with Gasteiger partial charge in [-0.25, -0.2) is 0 Å². The maximum Gasteiger partial charge on any atom is 0.289 e. The van der Waals surface area contributed by atoms with Crippen LogP contribution in [-0.2, 0) is 6.42 Å². The number of ether oxygens (including phenoxy) is 1. The molecule has 3 rings (SSSR count). The molecular weight excluding hydrogens is 328 g/mol. The third-order valence-corrected chi connectivity index (χ3v) is 5.19. The Morgan fingerprint density at radius 2 is 1.96 bits per heavy atom. The van der Waals surface area contributed by atoms with E-state index in [-0.39, 0.29) is 11.9 Å². The van der Waals surface area contributed by atoms with Gasteiger partial charge >= 0.3 is 0 Å². The lowest BCUT2D eigenvalue weighted by atomic mass is 10.0. The first-order valence-electron chi connectivity index (χ1n) is 9.30. The standard InChI is InChI=1S/C21H28N2O3/c1-16-15-23(21(24)20-11-7-13-26-20)17(2)14-22(16)12-6-9-18-8-4-5-10-19(18)25-3/h4-5,7-8,10-11,13,16-17H,6,9,12,14-15H2,1-3H3/t16-,17+/m0/s1. The summed E-state index contributed by atoms with van der Waals surface area (Å²) in [6.45, 7) is 6.94. The Hall–Kier alpha value is -2.27. The van der Waals surface area contributed by atoms with Crippen LogP contribution in [0.3, 0.4) is 0 Å². The molecule has 5 heteroatoms. The molecule has 0 bridgehead atoms. The van der Waals surface area contributed by atoms with E-state index >= 15 is 0 Å². The van der Waals surface area contributed by atoms with Gasteiger partial charge in [0.25, 0.3) is 5.91 Å². The van der Waals surface area contributed by atoms with E-state index < -0.39 is 0 Å². The zero-order chi connectivity index (χ0) is 18.5. The number of carbonyl (C=O) groups is 1. The number of nitrogens with zero attached hydrogens (tertiary/aromatic N) is 2. The van der Waals surface area contributed by atoms with Gasteiger partial charge in [-0.1, -0.05) is 18.2 Å². The minimum atomic E-state index is -0.0111. The number of rotatable bonds is 6. The first kappa shape index (κ1) is 18.5. The minimum absolute atomic E-state index is 0.0111. The molecule has 0 radical (unpaired) electrons. The highest BCUT2D eigenvalue weighted by molar-refractivity contribution is 5.91. The van der Waals surface area contributed by atoms with E-state index in [4.69, 9.17) is 9.15 Å². The monoisotopic (exact) mass is 356 g/mol. The Morgan fingerprint density at radius 1 is 1.15 bits per heavy atom. The zero-order valence-corrected chi connectivity index (χ0v) is 15.9. The van der Waals surface area contributed by atoms with Crippen LogP contribution in [0, 0.1) is 0 Å². The van der Waals surface area contributed by atoms with E-state index in [2.05, 4.69) is 30.9 Å². The van der Waals surface area contributed by atoms with Crippen LogP contribution in [0.4, 0.5) is 0 Å². The lowest BCUT2D eigenvalue weighted by molar-refractivity contribution is 0.0290. The average Bonchev–Trinajstić information content (AvgIpc) is 3.19. The predicted octanol–water partition coefficient (Wildman–Crippen LogP) is 3.46. The number of hydrogen-bond donors (Lipinski definition) is 0. The number of carbonyl (C=O) groups excluding carboxylic acids is 1. The number of piperazine rings is 1. The molecule has 1 aromatic heterocycles. The fourth-order valence-corrected chi connectivity index (χ4v) is 3.72. The number of para-hydroxylation sites is 1. The van der Waals surface area contributed by atoms with Crippen molar-refractivity contribution in [3.05, 3.63) is 54.0 Å². The van der Waals surface area contributed by atoms with E-state index in [0.717, 1.165) is 38.2 Å². The highest BCUT2D eigenvalue weighted by Crippen LogP contribution is 2.21. The third kappa shape index (κ3) is 4.10. The molecule has 1 saturated heterocycles. The molecule has 1 aliphatic rings. The molecule has 1 amide bonds. The number of amides is 1. The molecule has 2 heterocycles. The van der Waals surface area contributed by atoms with Gasteiger partial charge in [0.15, 0.2) is 5.76 Å². The Labute approximate surface area is 155 Å². The molecule has 0 spiro atoms. The molecule has 26 heavy (non-hydrogen) atoms. The number of methoxy groups -OCH3 is 1. The third-order valence-electron chi connectivity index (χ3n) is 5.19. The lowest BCUT2D eigenvalue weighted by Crippen LogP contribution is -2.58. The second kappa shape index (κ2) is 8.41. The Morgan fingerprint density at radius 3 is 2.69 bits per heavy atom. The molecule has 140 valence electrons. The zero-order valence-electron chi connectivity index (χ0n) is 15.9. The number of furan rings is 1. The largest absolute Gasteiger partial charge is 0.496 e. The molecular formula is C21H28N2O3. The quantitative estimate of drug-likeness (QED) is 0.795. The summed E-state index contributed by atoms with van der Waals surface area (Å²) in [5.41, 5.74) is 1.25. The van der Waals surface area contributed by atoms with Crippen molar-refractivity contribution in [1.82, 2.24) is 9.80 Å². The van der Waals surface area contributed by atoms with Crippen LogP contribution in [0.5, 0.6) is 5.75 Å². The van der Waals surface area contributed by atoms with Crippen molar-refractivity contribution in [2.75, 3.05) is 26.7 Å². The Balaban J connectivity index is 1.54. The lowest BCUT2D eigenvalue weighted by Gasteiger charge is -2.44. The average molecular weight is 356 g/mol. The van der Waals surface area contributed by atoms with Gasteiger partial charge in [-0.05, 0) is 57.0 Å². The normalized spacial score (nSPS) is 21.0. The van der Waals surface area contributed by atoms with Crippen LogP contribution >= 0.6 is 0 Å². The van der Waals surface area contributed by atoms with Crippen LogP contribution in [0.15, 0.2) is 47.1 Å². The maximum absolute atomic E-state index is 12.6. The Kier molecular flexibility index (Phi) is 5.99. The second-order valence-corrected chi connectivity index (χ2v) is 7.04. The SMILES string of the molecule is COc1ccccc1CCCN1C[C@@H](C)N(C(=O)c2ccco2)C[C@@H]1C. The smallest absolute Gasteiger partial charge is 0.289 e. The van der Waals surface area contributed by atoms with Crippen LogP contribution in [-0.4, -0.2) is 54.5 Å². The molecule has 5 nitrogen and oxygen atoms in total. The highest BCUT2D eigenvalue weighted by Gasteiger charge is 2.32. The molecule has 2 aromatic rings. The van der Waals surface area contributed by atoms with Crippen molar-refractivity contribution in [3.8, 4) is 5.75 Å². The van der Waals surface area contributed by atoms with Gasteiger partial charge in [-0.3, -0.25) is 9.69 Å². The van der Waals surface area contributed by atoms with Gasteiger partial charge in [0.2, 0.25) is 0 Å². The van der Waals surface area contributed by atoms with Gasteiger partial charge in [0.05, 0.1) is 13.4 Å². The first-order valence-corrected chi connectivity index (χ1v) is 9.30.